The molecule has 3 N–H and O–H groups in total. The number of aromatic nitrogens is 4. The zero-order valence-electron chi connectivity index (χ0n) is 15.8. The van der Waals surface area contributed by atoms with E-state index in [0.717, 1.165) is 30.3 Å². The normalized spacial score (nSPS) is 11.6. The molecule has 6 nitrogen and oxygen atoms in total. The predicted octanol–water partition coefficient (Wildman–Crippen LogP) is 3.40. The summed E-state index contributed by atoms with van der Waals surface area (Å²) in [6.07, 6.45) is 2.70. The molecule has 0 aliphatic heterocycles. The molecule has 0 spiro atoms. The van der Waals surface area contributed by atoms with E-state index in [9.17, 15) is 0 Å². The van der Waals surface area contributed by atoms with Gasteiger partial charge in [0, 0.05) is 17.5 Å². The summed E-state index contributed by atoms with van der Waals surface area (Å²) in [6.45, 7) is 10.3. The highest BCUT2D eigenvalue weighted by Gasteiger charge is 2.11. The van der Waals surface area contributed by atoms with E-state index in [4.69, 9.17) is 10.4 Å². The number of H-pyrrole nitrogens is 1. The van der Waals surface area contributed by atoms with E-state index in [2.05, 4.69) is 61.2 Å². The second-order valence-electron chi connectivity index (χ2n) is 6.86. The van der Waals surface area contributed by atoms with E-state index in [0.29, 0.717) is 11.6 Å². The fourth-order valence-electron chi connectivity index (χ4n) is 2.83. The number of rotatable bonds is 7. The van der Waals surface area contributed by atoms with Crippen LogP contribution in [0.3, 0.4) is 0 Å². The molecular formula is C19H26N6S. The predicted molar refractivity (Wildman–Crippen MR) is 106 cm³/mol. The van der Waals surface area contributed by atoms with Crippen LogP contribution in [0.4, 0.5) is 0 Å². The number of aromatic amines is 1. The van der Waals surface area contributed by atoms with Crippen molar-refractivity contribution in [3.63, 3.8) is 0 Å². The van der Waals surface area contributed by atoms with E-state index < -0.39 is 0 Å². The smallest absolute Gasteiger partial charge is 0.173 e. The summed E-state index contributed by atoms with van der Waals surface area (Å²) in [7, 11) is 0. The van der Waals surface area contributed by atoms with Crippen molar-refractivity contribution in [2.24, 2.45) is 0 Å². The maximum Gasteiger partial charge on any atom is 0.173 e. The van der Waals surface area contributed by atoms with Crippen LogP contribution in [-0.4, -0.2) is 32.1 Å². The zero-order valence-corrected chi connectivity index (χ0v) is 16.6. The molecular weight excluding hydrogens is 344 g/mol. The molecule has 0 aliphatic carbocycles. The molecule has 0 radical (unpaired) electrons. The number of hydrogen-bond acceptors (Lipinski definition) is 5. The van der Waals surface area contributed by atoms with E-state index in [1.165, 1.54) is 16.0 Å². The molecule has 7 heteroatoms. The van der Waals surface area contributed by atoms with Gasteiger partial charge in [-0.3, -0.25) is 5.41 Å². The van der Waals surface area contributed by atoms with Crippen LogP contribution in [0.5, 0.6) is 0 Å². The fraction of sp³-hybridized carbons (Fsp3) is 0.421. The van der Waals surface area contributed by atoms with Gasteiger partial charge in [-0.1, -0.05) is 43.3 Å². The Balaban J connectivity index is 1.83. The third-order valence-electron chi connectivity index (χ3n) is 4.16. The number of imidazole rings is 1. The number of benzene rings is 1. The third-order valence-corrected chi connectivity index (χ3v) is 5.23. The first-order valence-corrected chi connectivity index (χ1v) is 9.74. The lowest BCUT2D eigenvalue weighted by molar-refractivity contribution is 0.536. The SMILES string of the molecule is Cc1ccc(Sc2nc3c([nH]2)c(=N)ncn3CCCNC(C)C)c(C)c1. The first-order chi connectivity index (χ1) is 12.4. The summed E-state index contributed by atoms with van der Waals surface area (Å²) in [6, 6.07) is 6.88. The molecule has 0 amide bonds. The van der Waals surface area contributed by atoms with Crippen molar-refractivity contribution in [3.8, 4) is 0 Å². The molecule has 1 aromatic carbocycles. The van der Waals surface area contributed by atoms with E-state index in [-0.39, 0.29) is 5.49 Å². The second kappa shape index (κ2) is 8.05. The molecule has 0 bridgehead atoms. The van der Waals surface area contributed by atoms with Gasteiger partial charge in [0.25, 0.3) is 0 Å². The van der Waals surface area contributed by atoms with Crippen LogP contribution in [0.25, 0.3) is 11.2 Å². The van der Waals surface area contributed by atoms with E-state index in [1.807, 2.05) is 4.57 Å². The Hall–Kier alpha value is -2.12. The van der Waals surface area contributed by atoms with E-state index in [1.54, 1.807) is 18.1 Å². The molecule has 26 heavy (non-hydrogen) atoms. The van der Waals surface area contributed by atoms with Crippen LogP contribution < -0.4 is 10.8 Å². The summed E-state index contributed by atoms with van der Waals surface area (Å²) in [5, 5.41) is 12.3. The van der Waals surface area contributed by atoms with Crippen LogP contribution in [0.2, 0.25) is 0 Å². The number of aryl methyl sites for hydroxylation is 3. The molecule has 3 aromatic rings. The monoisotopic (exact) mass is 370 g/mol. The Morgan fingerprint density at radius 1 is 1.31 bits per heavy atom. The lowest BCUT2D eigenvalue weighted by atomic mass is 10.2. The molecule has 3 rings (SSSR count). The molecule has 0 saturated heterocycles. The van der Waals surface area contributed by atoms with Gasteiger partial charge >= 0.3 is 0 Å². The van der Waals surface area contributed by atoms with Crippen LogP contribution >= 0.6 is 11.8 Å². The van der Waals surface area contributed by atoms with E-state index >= 15 is 0 Å². The number of nitrogens with zero attached hydrogens (tertiary/aromatic N) is 3. The summed E-state index contributed by atoms with van der Waals surface area (Å²) < 4.78 is 2.03. The molecule has 2 heterocycles. The Morgan fingerprint density at radius 2 is 2.12 bits per heavy atom. The molecule has 0 aliphatic rings. The average molecular weight is 371 g/mol. The van der Waals surface area contributed by atoms with Crippen LogP contribution in [0.1, 0.15) is 31.4 Å². The lowest BCUT2D eigenvalue weighted by Gasteiger charge is -2.09. The van der Waals surface area contributed by atoms with Gasteiger partial charge in [-0.2, -0.15) is 0 Å². The van der Waals surface area contributed by atoms with Crippen LogP contribution in [0.15, 0.2) is 34.6 Å². The van der Waals surface area contributed by atoms with Crippen molar-refractivity contribution < 1.29 is 0 Å². The van der Waals surface area contributed by atoms with Gasteiger partial charge in [0.1, 0.15) is 5.52 Å². The molecule has 0 unspecified atom stereocenters. The molecule has 0 atom stereocenters. The second-order valence-corrected chi connectivity index (χ2v) is 7.89. The Bertz CT molecular complexity index is 956. The highest BCUT2D eigenvalue weighted by molar-refractivity contribution is 7.99. The molecule has 138 valence electrons. The number of nitrogens with one attached hydrogen (secondary N) is 3. The minimum absolute atomic E-state index is 0.233. The van der Waals surface area contributed by atoms with Gasteiger partial charge in [0.15, 0.2) is 16.3 Å². The highest BCUT2D eigenvalue weighted by Crippen LogP contribution is 2.29. The summed E-state index contributed by atoms with van der Waals surface area (Å²) in [4.78, 5) is 13.4. The van der Waals surface area contributed by atoms with Gasteiger partial charge in [-0.05, 0) is 38.4 Å². The van der Waals surface area contributed by atoms with Crippen LogP contribution in [-0.2, 0) is 6.54 Å². The third kappa shape index (κ3) is 4.34. The van der Waals surface area contributed by atoms with Crippen molar-refractivity contribution in [3.05, 3.63) is 41.1 Å². The highest BCUT2D eigenvalue weighted by atomic mass is 32.2. The lowest BCUT2D eigenvalue weighted by Crippen LogP contribution is -2.24. The van der Waals surface area contributed by atoms with Gasteiger partial charge < -0.3 is 14.9 Å². The van der Waals surface area contributed by atoms with Crippen molar-refractivity contribution >= 4 is 22.9 Å². The van der Waals surface area contributed by atoms with Gasteiger partial charge in [0.05, 0.1) is 6.33 Å². The van der Waals surface area contributed by atoms with Crippen molar-refractivity contribution in [1.29, 1.82) is 5.41 Å². The largest absolute Gasteiger partial charge is 0.328 e. The standard InChI is InChI=1S/C19H26N6S/c1-12(2)21-8-5-9-25-11-22-17(20)16-18(25)24-19(23-16)26-15-7-6-13(3)10-14(15)4/h6-7,10-12,20-21H,5,8-9H2,1-4H3,(H,23,24). The van der Waals surface area contributed by atoms with Crippen LogP contribution in [0, 0.1) is 19.3 Å². The summed E-state index contributed by atoms with van der Waals surface area (Å²) >= 11 is 1.59. The van der Waals surface area contributed by atoms with Crippen molar-refractivity contribution in [2.45, 2.75) is 56.8 Å². The van der Waals surface area contributed by atoms with Crippen molar-refractivity contribution in [2.75, 3.05) is 6.54 Å². The summed E-state index contributed by atoms with van der Waals surface area (Å²) in [5.74, 6) is 0. The maximum atomic E-state index is 8.08. The first kappa shape index (κ1) is 18.7. The minimum atomic E-state index is 0.233. The minimum Gasteiger partial charge on any atom is -0.328 e. The van der Waals surface area contributed by atoms with Gasteiger partial charge in [0.2, 0.25) is 0 Å². The molecule has 2 aromatic heterocycles. The number of fused-ring (bicyclic) bond motifs is 1. The summed E-state index contributed by atoms with van der Waals surface area (Å²) in [5.41, 5.74) is 4.20. The Morgan fingerprint density at radius 3 is 2.85 bits per heavy atom. The fourth-order valence-corrected chi connectivity index (χ4v) is 3.68. The maximum absolute atomic E-state index is 8.08. The van der Waals surface area contributed by atoms with Crippen molar-refractivity contribution in [1.82, 2.24) is 24.8 Å². The zero-order chi connectivity index (χ0) is 18.7. The average Bonchev–Trinajstić information content (AvgIpc) is 3.01. The topological polar surface area (TPSA) is 82.4 Å². The Kier molecular flexibility index (Phi) is 5.78. The molecule has 0 fully saturated rings. The quantitative estimate of drug-likeness (QED) is 0.557. The van der Waals surface area contributed by atoms with Gasteiger partial charge in [-0.25, -0.2) is 9.97 Å². The Labute approximate surface area is 158 Å². The number of hydrogen-bond donors (Lipinski definition) is 3. The molecule has 0 saturated carbocycles. The first-order valence-electron chi connectivity index (χ1n) is 8.92. The van der Waals surface area contributed by atoms with Gasteiger partial charge in [-0.15, -0.1) is 0 Å².